The minimum Gasteiger partial charge on any atom is -0.508 e. The highest BCUT2D eigenvalue weighted by molar-refractivity contribution is 5.91. The Bertz CT molecular complexity index is 1640. The number of amides is 2. The maximum Gasteiger partial charge on any atom is 0.330 e. The Morgan fingerprint density at radius 2 is 1.76 bits per heavy atom. The van der Waals surface area contributed by atoms with Crippen LogP contribution >= 0.6 is 0 Å². The van der Waals surface area contributed by atoms with Gasteiger partial charge in [0.25, 0.3) is 0 Å². The zero-order chi connectivity index (χ0) is 29.5. The lowest BCUT2D eigenvalue weighted by Gasteiger charge is -2.17. The van der Waals surface area contributed by atoms with E-state index in [9.17, 15) is 28.7 Å². The third-order valence-corrected chi connectivity index (χ3v) is 5.89. The number of rotatable bonds is 10. The van der Waals surface area contributed by atoms with E-state index in [4.69, 9.17) is 19.6 Å². The van der Waals surface area contributed by atoms with Crippen molar-refractivity contribution in [2.24, 2.45) is 5.73 Å². The summed E-state index contributed by atoms with van der Waals surface area (Å²) in [7, 11) is 0. The molecule has 2 amide bonds. The topological polar surface area (TPSA) is 170 Å². The molecule has 11 nitrogen and oxygen atoms in total. The molecule has 41 heavy (non-hydrogen) atoms. The van der Waals surface area contributed by atoms with Crippen molar-refractivity contribution in [2.45, 2.75) is 25.4 Å². The standard InChI is InChI=1S/C29H26FN3O8/c1-16(33-29(38)22(31)12-17-6-8-18(34)9-7-17)28(37)32-14-26(35)40-19-10-11-20-24(13-19)39-15-25(27(20)36)41-23-5-3-2-4-21(23)30/h2-11,13,15-16,22,34H,12,14,31H2,1H3,(H,32,37)(H,33,38). The average Bonchev–Trinajstić information content (AvgIpc) is 2.95. The number of carbonyl (C=O) groups is 3. The zero-order valence-electron chi connectivity index (χ0n) is 21.8. The first-order valence-electron chi connectivity index (χ1n) is 12.4. The molecule has 0 aliphatic rings. The van der Waals surface area contributed by atoms with Crippen LogP contribution < -0.4 is 31.3 Å². The first-order chi connectivity index (χ1) is 19.6. The summed E-state index contributed by atoms with van der Waals surface area (Å²) in [6.07, 6.45) is 1.22. The third kappa shape index (κ3) is 7.46. The number of hydrogen-bond donors (Lipinski definition) is 4. The van der Waals surface area contributed by atoms with Crippen LogP contribution in [0, 0.1) is 5.82 Å². The molecule has 0 fully saturated rings. The number of phenols is 1. The molecule has 5 N–H and O–H groups in total. The molecule has 4 aromatic rings. The monoisotopic (exact) mass is 563 g/mol. The summed E-state index contributed by atoms with van der Waals surface area (Å²) in [5, 5.41) is 14.3. The van der Waals surface area contributed by atoms with Gasteiger partial charge in [0.05, 0.1) is 11.4 Å². The fraction of sp³-hybridized carbons (Fsp3) is 0.172. The zero-order valence-corrected chi connectivity index (χ0v) is 21.8. The molecule has 1 aromatic heterocycles. The molecular formula is C29H26FN3O8. The largest absolute Gasteiger partial charge is 0.508 e. The van der Waals surface area contributed by atoms with Gasteiger partial charge in [-0.25, -0.2) is 9.18 Å². The Morgan fingerprint density at radius 3 is 2.49 bits per heavy atom. The quantitative estimate of drug-likeness (QED) is 0.167. The predicted molar refractivity (Wildman–Crippen MR) is 145 cm³/mol. The van der Waals surface area contributed by atoms with Gasteiger partial charge in [-0.05, 0) is 55.3 Å². The number of para-hydroxylation sites is 1. The van der Waals surface area contributed by atoms with E-state index in [-0.39, 0.29) is 40.4 Å². The van der Waals surface area contributed by atoms with E-state index >= 15 is 0 Å². The van der Waals surface area contributed by atoms with E-state index in [0.29, 0.717) is 0 Å². The van der Waals surface area contributed by atoms with Crippen LogP contribution in [0.4, 0.5) is 4.39 Å². The second kappa shape index (κ2) is 12.7. The number of benzene rings is 3. The van der Waals surface area contributed by atoms with Gasteiger partial charge in [0.15, 0.2) is 11.6 Å². The summed E-state index contributed by atoms with van der Waals surface area (Å²) < 4.78 is 29.8. The van der Waals surface area contributed by atoms with Crippen molar-refractivity contribution in [3.05, 3.63) is 94.6 Å². The van der Waals surface area contributed by atoms with Crippen molar-refractivity contribution in [3.8, 4) is 23.0 Å². The summed E-state index contributed by atoms with van der Waals surface area (Å²) in [6, 6.07) is 13.9. The molecule has 0 aliphatic carbocycles. The highest BCUT2D eigenvalue weighted by Gasteiger charge is 2.21. The molecular weight excluding hydrogens is 537 g/mol. The van der Waals surface area contributed by atoms with Crippen LogP contribution in [0.3, 0.4) is 0 Å². The van der Waals surface area contributed by atoms with Gasteiger partial charge < -0.3 is 35.4 Å². The van der Waals surface area contributed by atoms with Crippen LogP contribution in [0.15, 0.2) is 82.2 Å². The number of nitrogens with two attached hydrogens (primary N) is 1. The first-order valence-corrected chi connectivity index (χ1v) is 12.4. The van der Waals surface area contributed by atoms with Crippen molar-refractivity contribution in [1.82, 2.24) is 10.6 Å². The molecule has 2 atom stereocenters. The van der Waals surface area contributed by atoms with Gasteiger partial charge in [0, 0.05) is 6.07 Å². The van der Waals surface area contributed by atoms with Crippen LogP contribution in [0.2, 0.25) is 0 Å². The fourth-order valence-corrected chi connectivity index (χ4v) is 3.72. The summed E-state index contributed by atoms with van der Waals surface area (Å²) in [6.45, 7) is 0.928. The van der Waals surface area contributed by atoms with Crippen LogP contribution in [0.5, 0.6) is 23.0 Å². The second-order valence-corrected chi connectivity index (χ2v) is 9.02. The van der Waals surface area contributed by atoms with E-state index in [1.807, 2.05) is 0 Å². The lowest BCUT2D eigenvalue weighted by Crippen LogP contribution is -2.51. The molecule has 212 valence electrons. The smallest absolute Gasteiger partial charge is 0.330 e. The highest BCUT2D eigenvalue weighted by Crippen LogP contribution is 2.25. The molecule has 0 saturated heterocycles. The lowest BCUT2D eigenvalue weighted by atomic mass is 10.1. The average molecular weight is 564 g/mol. The maximum atomic E-state index is 13.9. The van der Waals surface area contributed by atoms with Gasteiger partial charge in [-0.2, -0.15) is 0 Å². The normalized spacial score (nSPS) is 12.3. The van der Waals surface area contributed by atoms with Gasteiger partial charge >= 0.3 is 5.97 Å². The van der Waals surface area contributed by atoms with Crippen molar-refractivity contribution in [2.75, 3.05) is 6.54 Å². The number of carbonyl (C=O) groups excluding carboxylic acids is 3. The Labute approximate surface area is 232 Å². The number of aromatic hydroxyl groups is 1. The molecule has 3 aromatic carbocycles. The number of phenolic OH excluding ortho intramolecular Hbond substituents is 1. The predicted octanol–water partition coefficient (Wildman–Crippen LogP) is 2.53. The van der Waals surface area contributed by atoms with E-state index in [1.165, 1.54) is 55.5 Å². The fourth-order valence-electron chi connectivity index (χ4n) is 3.72. The van der Waals surface area contributed by atoms with E-state index in [0.717, 1.165) is 11.8 Å². The molecule has 0 radical (unpaired) electrons. The molecule has 1 heterocycles. The first kappa shape index (κ1) is 28.8. The van der Waals surface area contributed by atoms with Crippen LogP contribution in [-0.2, 0) is 20.8 Å². The second-order valence-electron chi connectivity index (χ2n) is 9.02. The van der Waals surface area contributed by atoms with E-state index in [2.05, 4.69) is 10.6 Å². The number of hydrogen-bond acceptors (Lipinski definition) is 9. The number of nitrogens with one attached hydrogen (secondary N) is 2. The van der Waals surface area contributed by atoms with Crippen molar-refractivity contribution >= 4 is 28.8 Å². The third-order valence-electron chi connectivity index (χ3n) is 5.89. The minimum atomic E-state index is -0.989. The van der Waals surface area contributed by atoms with Gasteiger partial charge in [-0.3, -0.25) is 14.4 Å². The van der Waals surface area contributed by atoms with Crippen molar-refractivity contribution in [3.63, 3.8) is 0 Å². The van der Waals surface area contributed by atoms with E-state index in [1.54, 1.807) is 18.2 Å². The number of ether oxygens (including phenoxy) is 2. The summed E-state index contributed by atoms with van der Waals surface area (Å²) in [5.74, 6) is -2.90. The SMILES string of the molecule is CC(NC(=O)C(N)Cc1ccc(O)cc1)C(=O)NCC(=O)Oc1ccc2c(=O)c(Oc3ccccc3F)coc2c1. The number of fused-ring (bicyclic) bond motifs is 1. The molecule has 4 rings (SSSR count). The Kier molecular flexibility index (Phi) is 8.95. The highest BCUT2D eigenvalue weighted by atomic mass is 19.1. The Morgan fingerprint density at radius 1 is 1.02 bits per heavy atom. The summed E-state index contributed by atoms with van der Waals surface area (Å²) >= 11 is 0. The minimum absolute atomic E-state index is 0.0456. The summed E-state index contributed by atoms with van der Waals surface area (Å²) in [5.41, 5.74) is 6.17. The van der Waals surface area contributed by atoms with Crippen molar-refractivity contribution < 1.29 is 37.8 Å². The van der Waals surface area contributed by atoms with Crippen molar-refractivity contribution in [1.29, 1.82) is 0 Å². The van der Waals surface area contributed by atoms with Gasteiger partial charge in [-0.1, -0.05) is 24.3 Å². The molecule has 12 heteroatoms. The lowest BCUT2D eigenvalue weighted by molar-refractivity contribution is -0.136. The molecule has 0 bridgehead atoms. The number of halogens is 1. The maximum absolute atomic E-state index is 13.9. The summed E-state index contributed by atoms with van der Waals surface area (Å²) in [4.78, 5) is 49.7. The van der Waals surface area contributed by atoms with Gasteiger partial charge in [0.1, 0.15) is 35.9 Å². The van der Waals surface area contributed by atoms with Gasteiger partial charge in [0.2, 0.25) is 23.0 Å². The van der Waals surface area contributed by atoms with Crippen LogP contribution in [0.1, 0.15) is 12.5 Å². The molecule has 0 spiro atoms. The number of esters is 1. The van der Waals surface area contributed by atoms with Gasteiger partial charge in [-0.15, -0.1) is 0 Å². The van der Waals surface area contributed by atoms with E-state index < -0.39 is 47.7 Å². The van der Waals surface area contributed by atoms with Crippen LogP contribution in [-0.4, -0.2) is 41.5 Å². The Hall–Kier alpha value is -5.23. The Balaban J connectivity index is 1.28. The van der Waals surface area contributed by atoms with Crippen LogP contribution in [0.25, 0.3) is 11.0 Å². The molecule has 0 aliphatic heterocycles. The molecule has 0 saturated carbocycles. The molecule has 2 unspecified atom stereocenters.